The minimum atomic E-state index is 0.826. The van der Waals surface area contributed by atoms with Crippen LogP contribution in [0, 0.1) is 5.92 Å². The molecule has 2 nitrogen and oxygen atoms in total. The molecule has 2 aromatic rings. The van der Waals surface area contributed by atoms with Crippen LogP contribution >= 0.6 is 0 Å². The second-order valence-corrected chi connectivity index (χ2v) is 5.75. The molecule has 2 heterocycles. The third-order valence-corrected chi connectivity index (χ3v) is 3.28. The van der Waals surface area contributed by atoms with E-state index in [1.807, 2.05) is 38.6 Å². The molecule has 0 bridgehead atoms. The summed E-state index contributed by atoms with van der Waals surface area (Å²) in [7, 11) is 0. The molecule has 0 aliphatic carbocycles. The zero-order chi connectivity index (χ0) is 17.3. The van der Waals surface area contributed by atoms with Gasteiger partial charge in [-0.05, 0) is 60.6 Å². The van der Waals surface area contributed by atoms with Crippen LogP contribution in [0.4, 0.5) is 0 Å². The Morgan fingerprint density at radius 3 is 1.61 bits per heavy atom. The normalized spacial score (nSPS) is 9.48. The van der Waals surface area contributed by atoms with Crippen molar-refractivity contribution in [3.05, 3.63) is 60.2 Å². The number of pyridine rings is 2. The van der Waals surface area contributed by atoms with Crippen molar-refractivity contribution in [2.45, 2.75) is 66.7 Å². The second kappa shape index (κ2) is 15.2. The Morgan fingerprint density at radius 2 is 1.22 bits per heavy atom. The van der Waals surface area contributed by atoms with Crippen LogP contribution in [-0.4, -0.2) is 9.97 Å². The van der Waals surface area contributed by atoms with Gasteiger partial charge in [-0.3, -0.25) is 9.97 Å². The Bertz CT molecular complexity index is 452. The first kappa shape index (κ1) is 21.3. The summed E-state index contributed by atoms with van der Waals surface area (Å²) in [6.07, 6.45) is 13.6. The minimum absolute atomic E-state index is 0.826. The van der Waals surface area contributed by atoms with Gasteiger partial charge in [0.2, 0.25) is 0 Å². The van der Waals surface area contributed by atoms with Gasteiger partial charge in [-0.25, -0.2) is 0 Å². The molecular formula is C21H34N2. The molecule has 0 aliphatic heterocycles. The van der Waals surface area contributed by atoms with Crippen LogP contribution in [0.5, 0.6) is 0 Å². The van der Waals surface area contributed by atoms with Gasteiger partial charge in [-0.15, -0.1) is 0 Å². The van der Waals surface area contributed by atoms with E-state index >= 15 is 0 Å². The lowest BCUT2D eigenvalue weighted by atomic mass is 10.0. The van der Waals surface area contributed by atoms with Crippen LogP contribution in [-0.2, 0) is 12.8 Å². The maximum atomic E-state index is 3.99. The largest absolute Gasteiger partial charge is 0.265 e. The van der Waals surface area contributed by atoms with Gasteiger partial charge < -0.3 is 0 Å². The van der Waals surface area contributed by atoms with Crippen LogP contribution in [0.2, 0.25) is 0 Å². The van der Waals surface area contributed by atoms with Gasteiger partial charge in [0.1, 0.15) is 0 Å². The molecule has 128 valence electrons. The first-order valence-corrected chi connectivity index (χ1v) is 9.00. The molecule has 0 atom stereocenters. The Balaban J connectivity index is 0.000000392. The smallest absolute Gasteiger partial charge is 0.0270 e. The number of aryl methyl sites for hydroxylation is 2. The van der Waals surface area contributed by atoms with Gasteiger partial charge in [-0.2, -0.15) is 0 Å². The van der Waals surface area contributed by atoms with Crippen molar-refractivity contribution >= 4 is 0 Å². The molecule has 23 heavy (non-hydrogen) atoms. The fourth-order valence-electron chi connectivity index (χ4n) is 2.10. The predicted molar refractivity (Wildman–Crippen MR) is 102 cm³/mol. The highest BCUT2D eigenvalue weighted by Gasteiger charge is 1.95. The van der Waals surface area contributed by atoms with Crippen LogP contribution in [0.1, 0.15) is 65.0 Å². The van der Waals surface area contributed by atoms with Gasteiger partial charge in [-0.1, -0.05) is 47.5 Å². The molecule has 0 N–H and O–H groups in total. The van der Waals surface area contributed by atoms with E-state index in [1.54, 1.807) is 0 Å². The van der Waals surface area contributed by atoms with Gasteiger partial charge in [0.15, 0.2) is 0 Å². The van der Waals surface area contributed by atoms with Crippen molar-refractivity contribution in [1.29, 1.82) is 0 Å². The molecule has 0 unspecified atom stereocenters. The number of hydrogen-bond acceptors (Lipinski definition) is 2. The summed E-state index contributed by atoms with van der Waals surface area (Å²) >= 11 is 0. The minimum Gasteiger partial charge on any atom is -0.265 e. The maximum absolute atomic E-state index is 3.99. The average Bonchev–Trinajstić information content (AvgIpc) is 2.59. The Kier molecular flexibility index (Phi) is 14.1. The standard InChI is InChI=1S/C11H17N.C8H11N.C2H6/c1-10(2)4-3-5-11-6-8-12-9-7-11;1-2-3-8-4-6-9-7-5-8;1-2/h6-10H,3-5H2,1-2H3;4-7H,2-3H2,1H3;1-2H3. The van der Waals surface area contributed by atoms with Crippen LogP contribution in [0.25, 0.3) is 0 Å². The fourth-order valence-corrected chi connectivity index (χ4v) is 2.10. The quantitative estimate of drug-likeness (QED) is 0.642. The fraction of sp³-hybridized carbons (Fsp3) is 0.524. The SMILES string of the molecule is CC.CC(C)CCCc1ccncc1.CCCc1ccncc1. The molecule has 0 aliphatic rings. The lowest BCUT2D eigenvalue weighted by Crippen LogP contribution is -1.90. The number of aromatic nitrogens is 2. The van der Waals surface area contributed by atoms with E-state index in [9.17, 15) is 0 Å². The molecule has 0 spiro atoms. The Hall–Kier alpha value is -1.70. The molecular weight excluding hydrogens is 280 g/mol. The molecule has 0 fully saturated rings. The molecule has 0 aromatic carbocycles. The summed E-state index contributed by atoms with van der Waals surface area (Å²) in [5, 5.41) is 0. The zero-order valence-electron chi connectivity index (χ0n) is 15.6. The summed E-state index contributed by atoms with van der Waals surface area (Å²) in [5.74, 6) is 0.826. The van der Waals surface area contributed by atoms with E-state index in [-0.39, 0.29) is 0 Å². The van der Waals surface area contributed by atoms with Crippen molar-refractivity contribution < 1.29 is 0 Å². The highest BCUT2D eigenvalue weighted by atomic mass is 14.6. The molecule has 2 rings (SSSR count). The average molecular weight is 315 g/mol. The van der Waals surface area contributed by atoms with Crippen molar-refractivity contribution in [2.24, 2.45) is 5.92 Å². The van der Waals surface area contributed by atoms with Gasteiger partial charge in [0, 0.05) is 24.8 Å². The van der Waals surface area contributed by atoms with Crippen LogP contribution < -0.4 is 0 Å². The van der Waals surface area contributed by atoms with Crippen LogP contribution in [0.3, 0.4) is 0 Å². The first-order chi connectivity index (χ1) is 11.2. The summed E-state index contributed by atoms with van der Waals surface area (Å²) in [6.45, 7) is 10.7. The molecule has 2 aromatic heterocycles. The van der Waals surface area contributed by atoms with Gasteiger partial charge in [0.05, 0.1) is 0 Å². The Labute approximate surface area is 143 Å². The number of hydrogen-bond donors (Lipinski definition) is 0. The molecule has 0 amide bonds. The van der Waals surface area contributed by atoms with Crippen LogP contribution in [0.15, 0.2) is 49.1 Å². The number of nitrogens with zero attached hydrogens (tertiary/aromatic N) is 2. The molecule has 0 saturated carbocycles. The van der Waals surface area contributed by atoms with Crippen molar-refractivity contribution in [2.75, 3.05) is 0 Å². The lowest BCUT2D eigenvalue weighted by Gasteiger charge is -2.03. The monoisotopic (exact) mass is 314 g/mol. The van der Waals surface area contributed by atoms with E-state index in [4.69, 9.17) is 0 Å². The molecule has 0 saturated heterocycles. The third kappa shape index (κ3) is 12.5. The van der Waals surface area contributed by atoms with Crippen molar-refractivity contribution in [3.63, 3.8) is 0 Å². The van der Waals surface area contributed by atoms with E-state index in [2.05, 4.69) is 55.0 Å². The molecule has 0 radical (unpaired) electrons. The van der Waals surface area contributed by atoms with Gasteiger partial charge in [0.25, 0.3) is 0 Å². The van der Waals surface area contributed by atoms with E-state index in [0.717, 1.165) is 5.92 Å². The lowest BCUT2D eigenvalue weighted by molar-refractivity contribution is 0.555. The van der Waals surface area contributed by atoms with E-state index < -0.39 is 0 Å². The second-order valence-electron chi connectivity index (χ2n) is 5.75. The van der Waals surface area contributed by atoms with Gasteiger partial charge >= 0.3 is 0 Å². The third-order valence-electron chi connectivity index (χ3n) is 3.28. The summed E-state index contributed by atoms with van der Waals surface area (Å²) < 4.78 is 0. The molecule has 2 heteroatoms. The summed E-state index contributed by atoms with van der Waals surface area (Å²) in [5.41, 5.74) is 2.79. The zero-order valence-corrected chi connectivity index (χ0v) is 15.6. The highest BCUT2D eigenvalue weighted by Crippen LogP contribution is 2.08. The van der Waals surface area contributed by atoms with Crippen molar-refractivity contribution in [1.82, 2.24) is 9.97 Å². The summed E-state index contributed by atoms with van der Waals surface area (Å²) in [4.78, 5) is 7.92. The highest BCUT2D eigenvalue weighted by molar-refractivity contribution is 5.09. The number of rotatable bonds is 6. The Morgan fingerprint density at radius 1 is 0.783 bits per heavy atom. The maximum Gasteiger partial charge on any atom is 0.0270 e. The topological polar surface area (TPSA) is 25.8 Å². The predicted octanol–water partition coefficient (Wildman–Crippen LogP) is 6.12. The van der Waals surface area contributed by atoms with E-state index in [1.165, 1.54) is 43.2 Å². The van der Waals surface area contributed by atoms with E-state index in [0.29, 0.717) is 0 Å². The first-order valence-electron chi connectivity index (χ1n) is 9.00. The summed E-state index contributed by atoms with van der Waals surface area (Å²) in [6, 6.07) is 8.31. The van der Waals surface area contributed by atoms with Crippen molar-refractivity contribution in [3.8, 4) is 0 Å².